The van der Waals surface area contributed by atoms with Crippen LogP contribution in [0.25, 0.3) is 0 Å². The second kappa shape index (κ2) is 5.69. The van der Waals surface area contributed by atoms with Crippen LogP contribution in [-0.2, 0) is 0 Å². The van der Waals surface area contributed by atoms with E-state index in [1.165, 1.54) is 50.0 Å². The summed E-state index contributed by atoms with van der Waals surface area (Å²) >= 11 is 6.21. The Morgan fingerprint density at radius 3 is 2.24 bits per heavy atom. The van der Waals surface area contributed by atoms with E-state index in [1.54, 1.807) is 0 Å². The Morgan fingerprint density at radius 2 is 1.62 bits per heavy atom. The number of rotatable bonds is 1. The first-order valence-electron chi connectivity index (χ1n) is 7.98. The molecule has 1 aromatic carbocycles. The van der Waals surface area contributed by atoms with Crippen LogP contribution in [0, 0.1) is 12.3 Å². The summed E-state index contributed by atoms with van der Waals surface area (Å²) in [6, 6.07) is 4.04. The second-order valence-corrected chi connectivity index (χ2v) is 7.36. The molecule has 2 aliphatic heterocycles. The largest absolute Gasteiger partial charge is 0.398 e. The van der Waals surface area contributed by atoms with Gasteiger partial charge >= 0.3 is 0 Å². The highest BCUT2D eigenvalue weighted by Gasteiger charge is 2.37. The van der Waals surface area contributed by atoms with Crippen molar-refractivity contribution in [2.75, 3.05) is 43.9 Å². The lowest BCUT2D eigenvalue weighted by Crippen LogP contribution is -2.46. The minimum absolute atomic E-state index is 0.592. The molecule has 2 aliphatic rings. The van der Waals surface area contributed by atoms with E-state index in [-0.39, 0.29) is 0 Å². The predicted octanol–water partition coefficient (Wildman–Crippen LogP) is 3.54. The molecular weight excluding hydrogens is 282 g/mol. The first-order chi connectivity index (χ1) is 9.99. The Balaban J connectivity index is 1.70. The third-order valence-corrected chi connectivity index (χ3v) is 5.86. The molecule has 0 aliphatic carbocycles. The number of benzene rings is 1. The zero-order valence-corrected chi connectivity index (χ0v) is 13.9. The highest BCUT2D eigenvalue weighted by Crippen LogP contribution is 2.42. The summed E-state index contributed by atoms with van der Waals surface area (Å²) in [6.07, 6.45) is 5.34. The van der Waals surface area contributed by atoms with Gasteiger partial charge in [-0.25, -0.2) is 0 Å². The van der Waals surface area contributed by atoms with Crippen molar-refractivity contribution in [1.29, 1.82) is 0 Å². The Labute approximate surface area is 133 Å². The van der Waals surface area contributed by atoms with Gasteiger partial charge in [-0.2, -0.15) is 0 Å². The molecule has 2 saturated heterocycles. The molecular formula is C17H26ClN3. The fourth-order valence-corrected chi connectivity index (χ4v) is 4.01. The van der Waals surface area contributed by atoms with Crippen molar-refractivity contribution in [2.45, 2.75) is 32.6 Å². The van der Waals surface area contributed by atoms with Crippen LogP contribution < -0.4 is 10.6 Å². The van der Waals surface area contributed by atoms with E-state index in [4.69, 9.17) is 17.3 Å². The van der Waals surface area contributed by atoms with Crippen molar-refractivity contribution >= 4 is 23.0 Å². The van der Waals surface area contributed by atoms with Crippen molar-refractivity contribution in [3.8, 4) is 0 Å². The van der Waals surface area contributed by atoms with E-state index < -0.39 is 0 Å². The molecule has 21 heavy (non-hydrogen) atoms. The van der Waals surface area contributed by atoms with Crippen molar-refractivity contribution < 1.29 is 0 Å². The molecule has 2 N–H and O–H groups in total. The molecule has 4 heteroatoms. The van der Waals surface area contributed by atoms with Crippen molar-refractivity contribution in [2.24, 2.45) is 5.41 Å². The first-order valence-corrected chi connectivity index (χ1v) is 8.36. The standard InChI is InChI=1S/C17H26ClN3/c1-13-11-15(19)14(18)12-16(13)21-9-5-17(6-10-21)3-7-20(2)8-4-17/h11-12H,3-10,19H2,1-2H3. The summed E-state index contributed by atoms with van der Waals surface area (Å²) < 4.78 is 0. The number of nitrogens with zero attached hydrogens (tertiary/aromatic N) is 2. The Bertz CT molecular complexity index is 511. The summed E-state index contributed by atoms with van der Waals surface area (Å²) in [5, 5.41) is 0.676. The van der Waals surface area contributed by atoms with Crippen LogP contribution in [-0.4, -0.2) is 38.1 Å². The molecule has 2 fully saturated rings. The zero-order chi connectivity index (χ0) is 15.0. The third-order valence-electron chi connectivity index (χ3n) is 5.53. The van der Waals surface area contributed by atoms with Crippen molar-refractivity contribution in [1.82, 2.24) is 4.90 Å². The van der Waals surface area contributed by atoms with Crippen LogP contribution in [0.5, 0.6) is 0 Å². The lowest BCUT2D eigenvalue weighted by molar-refractivity contribution is 0.0944. The van der Waals surface area contributed by atoms with E-state index in [0.29, 0.717) is 16.1 Å². The molecule has 0 saturated carbocycles. The molecule has 0 atom stereocenters. The average Bonchev–Trinajstić information content (AvgIpc) is 2.47. The van der Waals surface area contributed by atoms with Gasteiger partial charge in [-0.15, -0.1) is 0 Å². The molecule has 1 spiro atoms. The fourth-order valence-electron chi connectivity index (χ4n) is 3.85. The number of aryl methyl sites for hydroxylation is 1. The van der Waals surface area contributed by atoms with Gasteiger partial charge in [-0.05, 0) is 75.9 Å². The van der Waals surface area contributed by atoms with Gasteiger partial charge in [0.1, 0.15) is 0 Å². The van der Waals surface area contributed by atoms with Crippen molar-refractivity contribution in [3.05, 3.63) is 22.7 Å². The van der Waals surface area contributed by atoms with Crippen LogP contribution in [0.15, 0.2) is 12.1 Å². The highest BCUT2D eigenvalue weighted by molar-refractivity contribution is 6.33. The quantitative estimate of drug-likeness (QED) is 0.805. The molecule has 0 amide bonds. The number of anilines is 2. The van der Waals surface area contributed by atoms with Gasteiger partial charge in [0.2, 0.25) is 0 Å². The number of halogens is 1. The fraction of sp³-hybridized carbons (Fsp3) is 0.647. The summed E-state index contributed by atoms with van der Waals surface area (Å²) in [7, 11) is 2.24. The Kier molecular flexibility index (Phi) is 4.06. The molecule has 3 rings (SSSR count). The number of hydrogen-bond acceptors (Lipinski definition) is 3. The molecule has 1 aromatic rings. The monoisotopic (exact) mass is 307 g/mol. The topological polar surface area (TPSA) is 32.5 Å². The van der Waals surface area contributed by atoms with E-state index in [9.17, 15) is 0 Å². The van der Waals surface area contributed by atoms with Crippen LogP contribution in [0.4, 0.5) is 11.4 Å². The average molecular weight is 308 g/mol. The van der Waals surface area contributed by atoms with E-state index in [2.05, 4.69) is 23.8 Å². The van der Waals surface area contributed by atoms with Crippen LogP contribution in [0.2, 0.25) is 5.02 Å². The summed E-state index contributed by atoms with van der Waals surface area (Å²) in [6.45, 7) is 6.93. The maximum Gasteiger partial charge on any atom is 0.0656 e. The van der Waals surface area contributed by atoms with Gasteiger partial charge in [-0.3, -0.25) is 0 Å². The molecule has 2 heterocycles. The highest BCUT2D eigenvalue weighted by atomic mass is 35.5. The van der Waals surface area contributed by atoms with Gasteiger partial charge in [0.05, 0.1) is 10.7 Å². The summed E-state index contributed by atoms with van der Waals surface area (Å²) in [4.78, 5) is 4.95. The normalized spacial score (nSPS) is 22.7. The van der Waals surface area contributed by atoms with Crippen LogP contribution in [0.3, 0.4) is 0 Å². The number of hydrogen-bond donors (Lipinski definition) is 1. The van der Waals surface area contributed by atoms with Crippen LogP contribution in [0.1, 0.15) is 31.2 Å². The lowest BCUT2D eigenvalue weighted by Gasteiger charge is -2.47. The number of nitrogens with two attached hydrogens (primary N) is 1. The molecule has 0 radical (unpaired) electrons. The molecule has 0 aromatic heterocycles. The third kappa shape index (κ3) is 3.00. The Morgan fingerprint density at radius 1 is 1.05 bits per heavy atom. The minimum atomic E-state index is 0.592. The van der Waals surface area contributed by atoms with Gasteiger partial charge in [0.25, 0.3) is 0 Å². The zero-order valence-electron chi connectivity index (χ0n) is 13.2. The first kappa shape index (κ1) is 15.0. The second-order valence-electron chi connectivity index (χ2n) is 6.95. The number of piperidine rings is 2. The smallest absolute Gasteiger partial charge is 0.0656 e. The molecule has 0 unspecified atom stereocenters. The summed E-state index contributed by atoms with van der Waals surface area (Å²) in [5.74, 6) is 0. The van der Waals surface area contributed by atoms with Crippen LogP contribution >= 0.6 is 11.6 Å². The van der Waals surface area contributed by atoms with E-state index in [1.807, 2.05) is 12.1 Å². The van der Waals surface area contributed by atoms with Crippen molar-refractivity contribution in [3.63, 3.8) is 0 Å². The number of likely N-dealkylation sites (tertiary alicyclic amines) is 1. The van der Waals surface area contributed by atoms with Gasteiger partial charge in [-0.1, -0.05) is 11.6 Å². The van der Waals surface area contributed by atoms with Gasteiger partial charge < -0.3 is 15.5 Å². The molecule has 3 nitrogen and oxygen atoms in total. The van der Waals surface area contributed by atoms with Gasteiger partial charge in [0, 0.05) is 18.8 Å². The van der Waals surface area contributed by atoms with E-state index in [0.717, 1.165) is 13.1 Å². The Hall–Kier alpha value is -0.930. The minimum Gasteiger partial charge on any atom is -0.398 e. The molecule has 0 bridgehead atoms. The molecule has 116 valence electrons. The predicted molar refractivity (Wildman–Crippen MR) is 91.2 cm³/mol. The van der Waals surface area contributed by atoms with E-state index >= 15 is 0 Å². The lowest BCUT2D eigenvalue weighted by atomic mass is 9.71. The summed E-state index contributed by atoms with van der Waals surface area (Å²) in [5.41, 5.74) is 9.66. The number of nitrogen functional groups attached to an aromatic ring is 1. The maximum atomic E-state index is 6.21. The van der Waals surface area contributed by atoms with Gasteiger partial charge in [0.15, 0.2) is 0 Å². The SMILES string of the molecule is Cc1cc(N)c(Cl)cc1N1CCC2(CCN(C)CC2)CC1. The maximum absolute atomic E-state index is 6.21.